The molecule has 0 saturated heterocycles. The number of sulfone groups is 1. The molecule has 0 aromatic heterocycles. The van der Waals surface area contributed by atoms with Crippen LogP contribution < -0.4 is 10.5 Å². The minimum Gasteiger partial charge on any atom is -0.494 e. The van der Waals surface area contributed by atoms with Crippen LogP contribution in [-0.4, -0.2) is 26.0 Å². The van der Waals surface area contributed by atoms with Gasteiger partial charge in [0, 0.05) is 11.6 Å². The summed E-state index contributed by atoms with van der Waals surface area (Å²) in [4.78, 5) is 0. The summed E-state index contributed by atoms with van der Waals surface area (Å²) in [5.74, 6) is 0.614. The monoisotopic (exact) mass is 285 g/mol. The lowest BCUT2D eigenvalue weighted by Gasteiger charge is -2.18. The summed E-state index contributed by atoms with van der Waals surface area (Å²) in [6.45, 7) is 6.00. The Morgan fingerprint density at radius 3 is 2.47 bits per heavy atom. The van der Waals surface area contributed by atoms with E-state index in [2.05, 4.69) is 0 Å². The van der Waals surface area contributed by atoms with Crippen LogP contribution in [0.25, 0.3) is 0 Å². The van der Waals surface area contributed by atoms with Crippen molar-refractivity contribution in [2.24, 2.45) is 5.73 Å². The lowest BCUT2D eigenvalue weighted by molar-refractivity contribution is 0.335. The molecule has 0 saturated carbocycles. The molecule has 0 radical (unpaired) electrons. The van der Waals surface area contributed by atoms with E-state index in [1.54, 1.807) is 6.92 Å². The van der Waals surface area contributed by atoms with E-state index in [1.807, 2.05) is 38.1 Å². The van der Waals surface area contributed by atoms with Crippen molar-refractivity contribution < 1.29 is 13.2 Å². The number of nitrogens with two attached hydrogens (primary N) is 1. The van der Waals surface area contributed by atoms with Gasteiger partial charge >= 0.3 is 0 Å². The maximum absolute atomic E-state index is 12.1. The van der Waals surface area contributed by atoms with E-state index in [0.717, 1.165) is 5.56 Å². The van der Waals surface area contributed by atoms with Gasteiger partial charge in [0.05, 0.1) is 17.6 Å². The minimum atomic E-state index is -3.17. The van der Waals surface area contributed by atoms with Crippen LogP contribution in [0.3, 0.4) is 0 Å². The number of ether oxygens (including phenoxy) is 1. The quantitative estimate of drug-likeness (QED) is 0.834. The predicted octanol–water partition coefficient (Wildman–Crippen LogP) is 2.30. The molecule has 0 heterocycles. The Kier molecular flexibility index (Phi) is 5.82. The van der Waals surface area contributed by atoms with E-state index >= 15 is 0 Å². The highest BCUT2D eigenvalue weighted by atomic mass is 32.2. The molecule has 2 unspecified atom stereocenters. The molecule has 19 heavy (non-hydrogen) atoms. The first-order chi connectivity index (χ1) is 8.92. The van der Waals surface area contributed by atoms with Gasteiger partial charge in [0.1, 0.15) is 5.75 Å². The van der Waals surface area contributed by atoms with Crippen LogP contribution in [0.5, 0.6) is 5.75 Å². The molecule has 0 aliphatic carbocycles. The smallest absolute Gasteiger partial charge is 0.154 e. The van der Waals surface area contributed by atoms with Crippen LogP contribution in [0.4, 0.5) is 0 Å². The van der Waals surface area contributed by atoms with E-state index in [9.17, 15) is 8.42 Å². The second kappa shape index (κ2) is 6.91. The molecule has 108 valence electrons. The number of para-hydroxylation sites is 1. The van der Waals surface area contributed by atoms with Crippen LogP contribution in [0.15, 0.2) is 24.3 Å². The summed E-state index contributed by atoms with van der Waals surface area (Å²) in [7, 11) is -3.17. The van der Waals surface area contributed by atoms with Crippen molar-refractivity contribution in [3.8, 4) is 5.75 Å². The van der Waals surface area contributed by atoms with Crippen molar-refractivity contribution in [2.75, 3.05) is 12.4 Å². The predicted molar refractivity (Wildman–Crippen MR) is 78.1 cm³/mol. The molecule has 0 bridgehead atoms. The van der Waals surface area contributed by atoms with Gasteiger partial charge in [-0.2, -0.15) is 0 Å². The number of rotatable bonds is 7. The molecule has 2 atom stereocenters. The van der Waals surface area contributed by atoms with Crippen molar-refractivity contribution in [1.82, 2.24) is 0 Å². The maximum Gasteiger partial charge on any atom is 0.154 e. The zero-order valence-electron chi connectivity index (χ0n) is 11.8. The molecule has 0 spiro atoms. The van der Waals surface area contributed by atoms with E-state index in [-0.39, 0.29) is 11.0 Å². The highest BCUT2D eigenvalue weighted by molar-refractivity contribution is 7.92. The first-order valence-electron chi connectivity index (χ1n) is 6.61. The van der Waals surface area contributed by atoms with Gasteiger partial charge in [-0.15, -0.1) is 0 Å². The fraction of sp³-hybridized carbons (Fsp3) is 0.571. The lowest BCUT2D eigenvalue weighted by Crippen LogP contribution is -2.28. The van der Waals surface area contributed by atoms with Gasteiger partial charge in [-0.3, -0.25) is 0 Å². The van der Waals surface area contributed by atoms with Crippen LogP contribution in [0.1, 0.15) is 38.8 Å². The van der Waals surface area contributed by atoms with Crippen LogP contribution in [-0.2, 0) is 9.84 Å². The third kappa shape index (κ3) is 4.21. The first-order valence-corrected chi connectivity index (χ1v) is 8.32. The van der Waals surface area contributed by atoms with Crippen molar-refractivity contribution in [1.29, 1.82) is 0 Å². The topological polar surface area (TPSA) is 69.4 Å². The molecule has 5 heteroatoms. The van der Waals surface area contributed by atoms with Gasteiger partial charge in [0.15, 0.2) is 9.84 Å². The molecule has 0 aliphatic heterocycles. The molecule has 0 amide bonds. The zero-order chi connectivity index (χ0) is 14.5. The summed E-state index contributed by atoms with van der Waals surface area (Å²) < 4.78 is 29.7. The number of hydrogen-bond acceptors (Lipinski definition) is 4. The van der Waals surface area contributed by atoms with E-state index < -0.39 is 15.9 Å². The Morgan fingerprint density at radius 1 is 1.26 bits per heavy atom. The molecule has 1 aromatic rings. The SMILES string of the molecule is CCOc1ccccc1C(N)CS(=O)(=O)C(C)CC. The Labute approximate surface area is 115 Å². The average molecular weight is 285 g/mol. The van der Waals surface area contributed by atoms with Crippen LogP contribution in [0, 0.1) is 0 Å². The Morgan fingerprint density at radius 2 is 1.89 bits per heavy atom. The van der Waals surface area contributed by atoms with Crippen molar-refractivity contribution in [3.05, 3.63) is 29.8 Å². The third-order valence-electron chi connectivity index (χ3n) is 3.22. The molecule has 4 nitrogen and oxygen atoms in total. The summed E-state index contributed by atoms with van der Waals surface area (Å²) in [5.41, 5.74) is 6.79. The van der Waals surface area contributed by atoms with E-state index in [4.69, 9.17) is 10.5 Å². The Bertz CT molecular complexity index is 499. The van der Waals surface area contributed by atoms with E-state index in [0.29, 0.717) is 18.8 Å². The Hall–Kier alpha value is -1.07. The molecular formula is C14H23NO3S. The highest BCUT2D eigenvalue weighted by Crippen LogP contribution is 2.25. The molecule has 0 aliphatic rings. The molecule has 2 N–H and O–H groups in total. The summed E-state index contributed by atoms with van der Waals surface area (Å²) in [6, 6.07) is 6.77. The number of hydrogen-bond donors (Lipinski definition) is 1. The van der Waals surface area contributed by atoms with Gasteiger partial charge in [-0.05, 0) is 26.3 Å². The summed E-state index contributed by atoms with van der Waals surface area (Å²) in [5, 5.41) is -0.363. The molecule has 1 rings (SSSR count). The Balaban J connectivity index is 2.92. The third-order valence-corrected chi connectivity index (χ3v) is 5.60. The minimum absolute atomic E-state index is 0.0495. The summed E-state index contributed by atoms with van der Waals surface area (Å²) >= 11 is 0. The van der Waals surface area contributed by atoms with Gasteiger partial charge in [-0.1, -0.05) is 25.1 Å². The van der Waals surface area contributed by atoms with Crippen molar-refractivity contribution >= 4 is 9.84 Å². The fourth-order valence-corrected chi connectivity index (χ4v) is 3.35. The zero-order valence-corrected chi connectivity index (χ0v) is 12.6. The van der Waals surface area contributed by atoms with Crippen LogP contribution >= 0.6 is 0 Å². The van der Waals surface area contributed by atoms with Gasteiger partial charge in [0.25, 0.3) is 0 Å². The largest absolute Gasteiger partial charge is 0.494 e. The van der Waals surface area contributed by atoms with Crippen LogP contribution in [0.2, 0.25) is 0 Å². The fourth-order valence-electron chi connectivity index (χ4n) is 1.83. The van der Waals surface area contributed by atoms with Gasteiger partial charge in [0.2, 0.25) is 0 Å². The maximum atomic E-state index is 12.1. The normalized spacial score (nSPS) is 14.9. The second-order valence-corrected chi connectivity index (χ2v) is 7.09. The molecule has 1 aromatic carbocycles. The highest BCUT2D eigenvalue weighted by Gasteiger charge is 2.24. The number of benzene rings is 1. The lowest BCUT2D eigenvalue weighted by atomic mass is 10.1. The van der Waals surface area contributed by atoms with Gasteiger partial charge < -0.3 is 10.5 Å². The summed E-state index contributed by atoms with van der Waals surface area (Å²) in [6.07, 6.45) is 0.599. The van der Waals surface area contributed by atoms with Crippen molar-refractivity contribution in [3.63, 3.8) is 0 Å². The van der Waals surface area contributed by atoms with E-state index in [1.165, 1.54) is 0 Å². The molecule has 0 fully saturated rings. The average Bonchev–Trinajstić information content (AvgIpc) is 2.38. The molecular weight excluding hydrogens is 262 g/mol. The van der Waals surface area contributed by atoms with Gasteiger partial charge in [-0.25, -0.2) is 8.42 Å². The second-order valence-electron chi connectivity index (χ2n) is 4.63. The van der Waals surface area contributed by atoms with Crippen molar-refractivity contribution in [2.45, 2.75) is 38.5 Å². The standard InChI is InChI=1S/C14H23NO3S/c1-4-11(3)19(16,17)10-13(15)12-8-6-7-9-14(12)18-5-2/h6-9,11,13H,4-5,10,15H2,1-3H3. The first kappa shape index (κ1) is 16.0.